The third-order valence-electron chi connectivity index (χ3n) is 9.08. The fraction of sp³-hybridized carbons (Fsp3) is 0.548. The van der Waals surface area contributed by atoms with Crippen LogP contribution in [0, 0.1) is 23.4 Å². The van der Waals surface area contributed by atoms with Crippen molar-refractivity contribution in [1.29, 1.82) is 0 Å². The molecule has 2 aromatic rings. The van der Waals surface area contributed by atoms with E-state index in [1.807, 2.05) is 0 Å². The topological polar surface area (TPSA) is 150 Å². The van der Waals surface area contributed by atoms with Crippen molar-refractivity contribution in [3.8, 4) is 0 Å². The number of amides is 2. The van der Waals surface area contributed by atoms with Crippen molar-refractivity contribution in [3.63, 3.8) is 0 Å². The van der Waals surface area contributed by atoms with Gasteiger partial charge in [-0.05, 0) is 82.6 Å². The number of fused-ring (bicyclic) bond motifs is 3. The molecule has 4 atom stereocenters. The molecule has 0 radical (unpaired) electrons. The lowest BCUT2D eigenvalue weighted by molar-refractivity contribution is 0.0664. The number of nitrogens with one attached hydrogen (secondary N) is 2. The van der Waals surface area contributed by atoms with Crippen molar-refractivity contribution in [1.82, 2.24) is 18.6 Å². The fourth-order valence-corrected chi connectivity index (χ4v) is 10.6. The molecule has 3 aliphatic heterocycles. The van der Waals surface area contributed by atoms with Crippen molar-refractivity contribution in [2.75, 3.05) is 24.6 Å². The summed E-state index contributed by atoms with van der Waals surface area (Å²) >= 11 is 0. The van der Waals surface area contributed by atoms with Gasteiger partial charge in [-0.3, -0.25) is 14.5 Å². The number of carbonyl (C=O) groups is 2. The molecule has 48 heavy (non-hydrogen) atoms. The highest BCUT2D eigenvalue weighted by Gasteiger charge is 2.48. The number of carbonyl (C=O) groups excluding carboxylic acids is 2. The molecule has 0 aromatic heterocycles. The van der Waals surface area contributed by atoms with E-state index < -0.39 is 108 Å². The molecule has 264 valence electrons. The first-order valence-electron chi connectivity index (χ1n) is 15.6. The lowest BCUT2D eigenvalue weighted by Crippen LogP contribution is -2.53. The smallest absolute Gasteiger partial charge is 0.261 e. The van der Waals surface area contributed by atoms with Crippen LogP contribution in [0.25, 0.3) is 0 Å². The molecule has 2 fully saturated rings. The number of halogens is 3. The van der Waals surface area contributed by atoms with Crippen LogP contribution in [0.2, 0.25) is 0 Å². The van der Waals surface area contributed by atoms with E-state index in [4.69, 9.17) is 0 Å². The van der Waals surface area contributed by atoms with Gasteiger partial charge in [-0.1, -0.05) is 12.1 Å². The summed E-state index contributed by atoms with van der Waals surface area (Å²) < 4.78 is 114. The van der Waals surface area contributed by atoms with Gasteiger partial charge in [0.15, 0.2) is 11.6 Å². The fourth-order valence-electron chi connectivity index (χ4n) is 6.69. The van der Waals surface area contributed by atoms with Crippen LogP contribution < -0.4 is 9.44 Å². The number of benzene rings is 2. The first kappa shape index (κ1) is 36.6. The summed E-state index contributed by atoms with van der Waals surface area (Å²) in [6.45, 7) is 4.45. The molecule has 2 saturated heterocycles. The second kappa shape index (κ2) is 13.9. The number of hydrogen-bond donors (Lipinski definition) is 2. The van der Waals surface area contributed by atoms with Gasteiger partial charge < -0.3 is 0 Å². The molecule has 17 heteroatoms. The minimum Gasteiger partial charge on any atom is -0.273 e. The quantitative estimate of drug-likeness (QED) is 0.238. The van der Waals surface area contributed by atoms with Crippen LogP contribution in [-0.2, 0) is 37.5 Å². The Morgan fingerprint density at radius 3 is 2.02 bits per heavy atom. The minimum atomic E-state index is -4.05. The van der Waals surface area contributed by atoms with Crippen molar-refractivity contribution >= 4 is 42.8 Å². The first-order chi connectivity index (χ1) is 22.4. The number of rotatable bonds is 13. The highest BCUT2D eigenvalue weighted by molar-refractivity contribution is 7.90. The Morgan fingerprint density at radius 1 is 0.896 bits per heavy atom. The number of nitrogens with zero attached hydrogens (tertiary/aromatic N) is 2. The maximum absolute atomic E-state index is 14.7. The van der Waals surface area contributed by atoms with E-state index in [2.05, 4.69) is 9.44 Å². The third kappa shape index (κ3) is 7.86. The average molecular weight is 733 g/mol. The van der Waals surface area contributed by atoms with Crippen molar-refractivity contribution in [2.24, 2.45) is 5.92 Å². The van der Waals surface area contributed by atoms with Gasteiger partial charge in [-0.25, -0.2) is 43.7 Å². The third-order valence-corrected chi connectivity index (χ3v) is 14.0. The Labute approximate surface area is 281 Å². The predicted octanol–water partition coefficient (Wildman–Crippen LogP) is 2.86. The summed E-state index contributed by atoms with van der Waals surface area (Å²) in [6.07, 6.45) is 1.67. The van der Waals surface area contributed by atoms with E-state index in [0.29, 0.717) is 31.7 Å². The average Bonchev–Trinajstić information content (AvgIpc) is 3.42. The van der Waals surface area contributed by atoms with E-state index in [1.165, 1.54) is 16.4 Å². The highest BCUT2D eigenvalue weighted by Crippen LogP contribution is 2.42. The second-order valence-electron chi connectivity index (χ2n) is 13.5. The van der Waals surface area contributed by atoms with Gasteiger partial charge in [-0.15, -0.1) is 0 Å². The Morgan fingerprint density at radius 2 is 1.46 bits per heavy atom. The van der Waals surface area contributed by atoms with Gasteiger partial charge in [0.25, 0.3) is 11.8 Å². The zero-order valence-corrected chi connectivity index (χ0v) is 29.2. The van der Waals surface area contributed by atoms with Gasteiger partial charge in [0.1, 0.15) is 5.82 Å². The van der Waals surface area contributed by atoms with E-state index in [-0.39, 0.29) is 29.0 Å². The number of hydrogen-bond acceptors (Lipinski definition) is 7. The van der Waals surface area contributed by atoms with Crippen molar-refractivity contribution < 1.29 is 43.8 Å². The molecular formula is C31H39F3N4O7S3. The van der Waals surface area contributed by atoms with E-state index in [9.17, 15) is 43.8 Å². The summed E-state index contributed by atoms with van der Waals surface area (Å²) in [4.78, 5) is 25.9. The molecule has 2 N–H and O–H groups in total. The summed E-state index contributed by atoms with van der Waals surface area (Å²) in [5.74, 6) is -6.04. The van der Waals surface area contributed by atoms with Gasteiger partial charge in [0.2, 0.25) is 20.0 Å². The monoisotopic (exact) mass is 732 g/mol. The van der Waals surface area contributed by atoms with Crippen LogP contribution in [0.4, 0.5) is 13.2 Å². The lowest BCUT2D eigenvalue weighted by Gasteiger charge is -2.41. The first-order valence-corrected chi connectivity index (χ1v) is 20.0. The van der Waals surface area contributed by atoms with Gasteiger partial charge in [0.05, 0.1) is 38.4 Å². The van der Waals surface area contributed by atoms with Crippen molar-refractivity contribution in [2.45, 2.75) is 75.7 Å². The molecule has 0 spiro atoms. The number of piperidine rings is 1. The molecule has 2 aromatic carbocycles. The minimum absolute atomic E-state index is 0.0880. The maximum atomic E-state index is 14.7. The Bertz CT molecular complexity index is 1790. The lowest BCUT2D eigenvalue weighted by atomic mass is 9.83. The van der Waals surface area contributed by atoms with Crippen LogP contribution in [0.1, 0.15) is 72.7 Å². The van der Waals surface area contributed by atoms with Crippen LogP contribution in [0.15, 0.2) is 36.4 Å². The Kier molecular flexibility index (Phi) is 10.6. The largest absolute Gasteiger partial charge is 0.273 e. The number of sulfonamides is 2. The normalized spacial score (nSPS) is 23.0. The molecule has 3 heterocycles. The van der Waals surface area contributed by atoms with E-state index in [0.717, 1.165) is 11.0 Å². The molecule has 5 rings (SSSR count). The molecule has 2 bridgehead atoms. The molecule has 11 nitrogen and oxygen atoms in total. The standard InChI is InChI=1S/C31H39F3N4O7S3/c1-31(2,3)46(41)36-28(17-19-16-26(33)27(34)18-25(19)32)20-14-21-8-9-22(15-20)38(21)48(44,45)12-10-35-47(42,43)13-11-37-29(39)23-6-4-5-7-24(23)30(37)40/h4-7,16,18,20-22,28,35-36H,8-15,17H2,1-3H3/t20?,21?,22?,28-,46+/m1/s1. The SMILES string of the molecule is CC(C)(C)[S@](=O)N[C@H](Cc1cc(F)c(F)cc1F)C1CC2CCC(C1)N2S(=O)(=O)CCNS(=O)(=O)CCN1C(=O)c2ccccc2C1=O. The molecule has 0 aliphatic carbocycles. The number of imide groups is 1. The zero-order valence-electron chi connectivity index (χ0n) is 26.7. The van der Waals surface area contributed by atoms with Crippen molar-refractivity contribution in [3.05, 3.63) is 70.5 Å². The summed E-state index contributed by atoms with van der Waals surface area (Å²) in [7, 11) is -9.58. The van der Waals surface area contributed by atoms with Crippen LogP contribution in [-0.4, -0.2) is 89.5 Å². The molecule has 0 saturated carbocycles. The van der Waals surface area contributed by atoms with E-state index in [1.54, 1.807) is 32.9 Å². The van der Waals surface area contributed by atoms with Gasteiger partial charge in [0, 0.05) is 37.3 Å². The maximum Gasteiger partial charge on any atom is 0.261 e. The molecule has 2 unspecified atom stereocenters. The molecular weight excluding hydrogens is 694 g/mol. The van der Waals surface area contributed by atoms with Crippen LogP contribution >= 0.6 is 0 Å². The van der Waals surface area contributed by atoms with Gasteiger partial charge in [-0.2, -0.15) is 4.31 Å². The summed E-state index contributed by atoms with van der Waals surface area (Å²) in [5.41, 5.74) is 0.298. The van der Waals surface area contributed by atoms with Crippen LogP contribution in [0.5, 0.6) is 0 Å². The molecule has 2 amide bonds. The zero-order chi connectivity index (χ0) is 35.2. The predicted molar refractivity (Wildman–Crippen MR) is 174 cm³/mol. The Hall–Kier alpha value is -2.70. The van der Waals surface area contributed by atoms with E-state index >= 15 is 0 Å². The highest BCUT2D eigenvalue weighted by atomic mass is 32.2. The molecule has 3 aliphatic rings. The second-order valence-corrected chi connectivity index (χ2v) is 19.4. The van der Waals surface area contributed by atoms with Crippen LogP contribution in [0.3, 0.4) is 0 Å². The summed E-state index contributed by atoms with van der Waals surface area (Å²) in [5, 5.41) is 0. The Balaban J connectivity index is 1.20. The summed E-state index contributed by atoms with van der Waals surface area (Å²) in [6, 6.07) is 5.92. The van der Waals surface area contributed by atoms with Gasteiger partial charge >= 0.3 is 0 Å².